The van der Waals surface area contributed by atoms with Crippen LogP contribution in [0.3, 0.4) is 0 Å². The summed E-state index contributed by atoms with van der Waals surface area (Å²) in [5, 5.41) is 11.7. The van der Waals surface area contributed by atoms with Gasteiger partial charge in [0.15, 0.2) is 0 Å². The number of benzene rings is 1. The number of alkyl carbamates (subject to hydrolysis) is 1. The number of hydrogen-bond acceptors (Lipinski definition) is 9. The molecule has 0 aliphatic carbocycles. The van der Waals surface area contributed by atoms with Crippen molar-refractivity contribution >= 4 is 30.2 Å². The van der Waals surface area contributed by atoms with Crippen LogP contribution < -0.4 is 5.32 Å². The number of nitrogens with zero attached hydrogens (tertiary/aromatic N) is 2. The Morgan fingerprint density at radius 2 is 1.78 bits per heavy atom. The minimum atomic E-state index is -1.14. The maximum atomic E-state index is 13.1. The van der Waals surface area contributed by atoms with Gasteiger partial charge in [0.2, 0.25) is 0 Å². The standard InChI is InChI=1S/C32H43N3O10/c1-31(2,3)25(26(36)37)33-28(39)43-15-10-8-9-12-20-13-11-14-21-17-34(19-23(20)21)29(40)44-22-16-24(27(38)42-7)35(18-22)30(41)45-32(4,5)6/h11,13-14,22,24-25H,8,10,15-19H2,1-7H3,(H,33,39)(H,36,37)/t22-,24+,25-/m1/s1. The first-order valence-electron chi connectivity index (χ1n) is 14.8. The lowest BCUT2D eigenvalue weighted by atomic mass is 9.87. The minimum Gasteiger partial charge on any atom is -0.480 e. The Bertz CT molecular complexity index is 1350. The van der Waals surface area contributed by atoms with Crippen LogP contribution in [0.1, 0.15) is 77.5 Å². The van der Waals surface area contributed by atoms with Crippen LogP contribution in [0.15, 0.2) is 18.2 Å². The molecule has 45 heavy (non-hydrogen) atoms. The SMILES string of the molecule is COC(=O)[C@@H]1C[C@@H](OC(=O)N2Cc3cccc(C#CCCCOC(=O)N[C@H](C(=O)O)C(C)(C)C)c3C2)CN1C(=O)OC(C)(C)C. The molecule has 0 spiro atoms. The lowest BCUT2D eigenvalue weighted by Gasteiger charge is -2.27. The van der Waals surface area contributed by atoms with Gasteiger partial charge in [-0.3, -0.25) is 9.80 Å². The average molecular weight is 630 g/mol. The van der Waals surface area contributed by atoms with E-state index in [4.69, 9.17) is 18.9 Å². The summed E-state index contributed by atoms with van der Waals surface area (Å²) in [6.07, 6.45) is -1.79. The number of aliphatic carboxylic acids is 1. The molecule has 13 heteroatoms. The number of esters is 1. The van der Waals surface area contributed by atoms with Crippen molar-refractivity contribution in [3.63, 3.8) is 0 Å². The van der Waals surface area contributed by atoms with Gasteiger partial charge in [0.05, 0.1) is 26.8 Å². The minimum absolute atomic E-state index is 0.0000373. The van der Waals surface area contributed by atoms with Crippen molar-refractivity contribution in [2.45, 2.75) is 97.7 Å². The molecule has 0 radical (unpaired) electrons. The molecule has 0 aromatic heterocycles. The highest BCUT2D eigenvalue weighted by Crippen LogP contribution is 2.29. The third kappa shape index (κ3) is 9.76. The van der Waals surface area contributed by atoms with Gasteiger partial charge in [-0.2, -0.15) is 0 Å². The number of unbranched alkanes of at least 4 members (excludes halogenated alkanes) is 1. The number of carboxylic acids is 1. The summed E-state index contributed by atoms with van der Waals surface area (Å²) in [5.41, 5.74) is 1.15. The summed E-state index contributed by atoms with van der Waals surface area (Å²) in [6, 6.07) is 3.62. The Morgan fingerprint density at radius 3 is 2.40 bits per heavy atom. The highest BCUT2D eigenvalue weighted by molar-refractivity contribution is 5.83. The zero-order valence-corrected chi connectivity index (χ0v) is 26.9. The molecular weight excluding hydrogens is 586 g/mol. The molecular formula is C32H43N3O10. The summed E-state index contributed by atoms with van der Waals surface area (Å²) < 4.78 is 21.1. The molecule has 2 aliphatic rings. The van der Waals surface area contributed by atoms with E-state index in [1.807, 2.05) is 18.2 Å². The quantitative estimate of drug-likeness (QED) is 0.195. The van der Waals surface area contributed by atoms with Crippen molar-refractivity contribution < 1.29 is 48.0 Å². The van der Waals surface area contributed by atoms with Gasteiger partial charge in [-0.1, -0.05) is 44.7 Å². The van der Waals surface area contributed by atoms with E-state index in [1.54, 1.807) is 41.5 Å². The summed E-state index contributed by atoms with van der Waals surface area (Å²) in [7, 11) is 1.23. The molecule has 1 aromatic rings. The molecule has 0 unspecified atom stereocenters. The summed E-state index contributed by atoms with van der Waals surface area (Å²) in [4.78, 5) is 64.4. The predicted octanol–water partition coefficient (Wildman–Crippen LogP) is 4.05. The Hall–Kier alpha value is -4.47. The number of likely N-dealkylation sites (tertiary alicyclic amines) is 1. The van der Waals surface area contributed by atoms with E-state index in [9.17, 15) is 29.1 Å². The molecule has 0 bridgehead atoms. The molecule has 3 atom stereocenters. The fourth-order valence-electron chi connectivity index (χ4n) is 4.94. The number of carboxylic acid groups (broad SMARTS) is 1. The van der Waals surface area contributed by atoms with Crippen LogP contribution in [0, 0.1) is 17.3 Å². The molecule has 2 heterocycles. The molecule has 1 fully saturated rings. The normalized spacial score (nSPS) is 18.2. The monoisotopic (exact) mass is 629 g/mol. The van der Waals surface area contributed by atoms with E-state index in [0.717, 1.165) is 16.7 Å². The van der Waals surface area contributed by atoms with Crippen LogP contribution in [-0.2, 0) is 41.6 Å². The summed E-state index contributed by atoms with van der Waals surface area (Å²) in [5.74, 6) is 4.43. The maximum absolute atomic E-state index is 13.1. The Kier molecular flexibility index (Phi) is 11.3. The van der Waals surface area contributed by atoms with Gasteiger partial charge in [-0.25, -0.2) is 24.0 Å². The second-order valence-electron chi connectivity index (χ2n) is 13.0. The first-order chi connectivity index (χ1) is 21.0. The van der Waals surface area contributed by atoms with Gasteiger partial charge in [-0.15, -0.1) is 0 Å². The van der Waals surface area contributed by atoms with E-state index in [0.29, 0.717) is 19.4 Å². The van der Waals surface area contributed by atoms with Crippen molar-refractivity contribution in [2.75, 3.05) is 20.3 Å². The topological polar surface area (TPSA) is 161 Å². The molecule has 3 amide bonds. The first-order valence-corrected chi connectivity index (χ1v) is 14.8. The second-order valence-corrected chi connectivity index (χ2v) is 13.0. The van der Waals surface area contributed by atoms with E-state index in [2.05, 4.69) is 17.2 Å². The van der Waals surface area contributed by atoms with Gasteiger partial charge in [0.1, 0.15) is 23.8 Å². The van der Waals surface area contributed by atoms with Gasteiger partial charge in [0.25, 0.3) is 0 Å². The molecule has 13 nitrogen and oxygen atoms in total. The third-order valence-corrected chi connectivity index (χ3v) is 7.15. The number of amides is 3. The van der Waals surface area contributed by atoms with Crippen LogP contribution in [0.25, 0.3) is 0 Å². The summed E-state index contributed by atoms with van der Waals surface area (Å²) >= 11 is 0. The average Bonchev–Trinajstić information content (AvgIpc) is 3.56. The molecule has 246 valence electrons. The fraction of sp³-hybridized carbons (Fsp3) is 0.594. The number of nitrogens with one attached hydrogen (secondary N) is 1. The second kappa shape index (κ2) is 14.5. The third-order valence-electron chi connectivity index (χ3n) is 7.15. The predicted molar refractivity (Wildman–Crippen MR) is 161 cm³/mol. The smallest absolute Gasteiger partial charge is 0.411 e. The van der Waals surface area contributed by atoms with Crippen LogP contribution in [0.5, 0.6) is 0 Å². The lowest BCUT2D eigenvalue weighted by molar-refractivity contribution is -0.145. The lowest BCUT2D eigenvalue weighted by Crippen LogP contribution is -2.49. The number of carbonyl (C=O) groups is 5. The van der Waals surface area contributed by atoms with Crippen LogP contribution in [0.4, 0.5) is 14.4 Å². The fourth-order valence-corrected chi connectivity index (χ4v) is 4.94. The van der Waals surface area contributed by atoms with Crippen molar-refractivity contribution in [2.24, 2.45) is 5.41 Å². The molecule has 1 aromatic carbocycles. The largest absolute Gasteiger partial charge is 0.480 e. The number of rotatable bonds is 7. The molecule has 2 aliphatic heterocycles. The van der Waals surface area contributed by atoms with Crippen molar-refractivity contribution in [3.05, 3.63) is 34.9 Å². The van der Waals surface area contributed by atoms with E-state index < -0.39 is 59.4 Å². The summed E-state index contributed by atoms with van der Waals surface area (Å²) in [6.45, 7) is 11.0. The van der Waals surface area contributed by atoms with Gasteiger partial charge >= 0.3 is 30.2 Å². The van der Waals surface area contributed by atoms with Crippen molar-refractivity contribution in [3.8, 4) is 11.8 Å². The van der Waals surface area contributed by atoms with E-state index in [1.165, 1.54) is 16.9 Å². The number of fused-ring (bicyclic) bond motifs is 1. The Labute approximate surface area is 263 Å². The van der Waals surface area contributed by atoms with Crippen molar-refractivity contribution in [1.29, 1.82) is 0 Å². The first kappa shape index (κ1) is 35.0. The van der Waals surface area contributed by atoms with Gasteiger partial charge in [-0.05, 0) is 49.8 Å². The van der Waals surface area contributed by atoms with E-state index >= 15 is 0 Å². The van der Waals surface area contributed by atoms with Crippen LogP contribution in [0.2, 0.25) is 0 Å². The zero-order chi connectivity index (χ0) is 33.5. The Morgan fingerprint density at radius 1 is 1.07 bits per heavy atom. The van der Waals surface area contributed by atoms with Crippen molar-refractivity contribution in [1.82, 2.24) is 15.1 Å². The molecule has 0 saturated carbocycles. The highest BCUT2D eigenvalue weighted by Gasteiger charge is 2.44. The van der Waals surface area contributed by atoms with Gasteiger partial charge < -0.3 is 29.4 Å². The number of methoxy groups -OCH3 is 1. The number of ether oxygens (including phenoxy) is 4. The van der Waals surface area contributed by atoms with Crippen LogP contribution in [-0.4, -0.2) is 89.2 Å². The highest BCUT2D eigenvalue weighted by atomic mass is 16.6. The molecule has 2 N–H and O–H groups in total. The molecule has 3 rings (SSSR count). The van der Waals surface area contributed by atoms with Gasteiger partial charge in [0, 0.05) is 24.9 Å². The zero-order valence-electron chi connectivity index (χ0n) is 26.9. The number of hydrogen-bond donors (Lipinski definition) is 2. The van der Waals surface area contributed by atoms with Crippen LogP contribution >= 0.6 is 0 Å². The maximum Gasteiger partial charge on any atom is 0.411 e. The molecule has 1 saturated heterocycles. The Balaban J connectivity index is 1.52. The number of carbonyl (C=O) groups excluding carboxylic acids is 4. The van der Waals surface area contributed by atoms with E-state index in [-0.39, 0.29) is 26.1 Å².